The van der Waals surface area contributed by atoms with Gasteiger partial charge in [-0.1, -0.05) is 37.0 Å². The summed E-state index contributed by atoms with van der Waals surface area (Å²) in [6, 6.07) is 4.23. The van der Waals surface area contributed by atoms with Crippen molar-refractivity contribution >= 4 is 27.9 Å². The molecule has 1 atom stereocenters. The Morgan fingerprint density at radius 2 is 1.92 bits per heavy atom. The highest BCUT2D eigenvalue weighted by Crippen LogP contribution is 2.11. The molecule has 1 unspecified atom stereocenters. The van der Waals surface area contributed by atoms with Crippen LogP contribution in [-0.2, 0) is 0 Å². The zero-order valence-electron chi connectivity index (χ0n) is 7.89. The van der Waals surface area contributed by atoms with Gasteiger partial charge in [-0.25, -0.2) is 0 Å². The molecule has 0 amide bonds. The lowest BCUT2D eigenvalue weighted by Crippen LogP contribution is -2.26. The second-order valence-electron chi connectivity index (χ2n) is 3.45. The summed E-state index contributed by atoms with van der Waals surface area (Å²) in [5.74, 6) is 0.505. The molecule has 0 saturated carbocycles. The first kappa shape index (κ1) is 9.80. The van der Waals surface area contributed by atoms with Crippen LogP contribution in [0.4, 0.5) is 0 Å². The summed E-state index contributed by atoms with van der Waals surface area (Å²) in [4.78, 5) is 0. The maximum Gasteiger partial charge on any atom is 0.115 e. The van der Waals surface area contributed by atoms with E-state index in [9.17, 15) is 0 Å². The van der Waals surface area contributed by atoms with Crippen molar-refractivity contribution in [3.8, 4) is 0 Å². The highest BCUT2D eigenvalue weighted by atomic mass is 31.0. The molecule has 62 valence electrons. The fourth-order valence-electron chi connectivity index (χ4n) is 1.27. The fraction of sp³-hybridized carbons (Fsp3) is 0.400. The minimum Gasteiger partial charge on any atom is -0.106 e. The molecule has 0 aliphatic rings. The molecule has 0 bridgehead atoms. The van der Waals surface area contributed by atoms with Gasteiger partial charge in [0.1, 0.15) is 7.85 Å². The van der Waals surface area contributed by atoms with Crippen molar-refractivity contribution < 1.29 is 0 Å². The predicted octanol–water partition coefficient (Wildman–Crippen LogP) is 1.41. The normalized spacial score (nSPS) is 10.8. The molecule has 0 heterocycles. The lowest BCUT2D eigenvalue weighted by Gasteiger charge is -2.13. The molecule has 0 aromatic heterocycles. The van der Waals surface area contributed by atoms with E-state index in [1.54, 1.807) is 0 Å². The molecule has 0 saturated heterocycles. The lowest BCUT2D eigenvalue weighted by atomic mass is 9.84. The summed E-state index contributed by atoms with van der Waals surface area (Å²) in [5.41, 5.74) is 3.41. The summed E-state index contributed by atoms with van der Waals surface area (Å²) in [7, 11) is 8.66. The molecule has 0 nitrogen and oxygen atoms in total. The van der Waals surface area contributed by atoms with Gasteiger partial charge in [-0.05, 0) is 23.7 Å². The minimum absolute atomic E-state index is 0.505. The summed E-state index contributed by atoms with van der Waals surface area (Å²) >= 11 is 0. The van der Waals surface area contributed by atoms with E-state index in [2.05, 4.69) is 42.1 Å². The van der Waals surface area contributed by atoms with Crippen molar-refractivity contribution in [1.82, 2.24) is 0 Å². The van der Waals surface area contributed by atoms with E-state index in [0.717, 1.165) is 10.8 Å². The van der Waals surface area contributed by atoms with Gasteiger partial charge in [0.2, 0.25) is 0 Å². The van der Waals surface area contributed by atoms with Crippen LogP contribution in [0, 0.1) is 6.92 Å². The van der Waals surface area contributed by atoms with E-state index in [4.69, 9.17) is 7.85 Å². The van der Waals surface area contributed by atoms with Crippen LogP contribution in [0.15, 0.2) is 12.1 Å². The molecule has 0 aliphatic heterocycles. The van der Waals surface area contributed by atoms with Gasteiger partial charge < -0.3 is 0 Å². The van der Waals surface area contributed by atoms with Gasteiger partial charge in [-0.3, -0.25) is 0 Å². The van der Waals surface area contributed by atoms with Gasteiger partial charge >= 0.3 is 0 Å². The van der Waals surface area contributed by atoms with Crippen molar-refractivity contribution in [2.75, 3.05) is 0 Å². The van der Waals surface area contributed by atoms with E-state index in [1.165, 1.54) is 11.1 Å². The maximum atomic E-state index is 5.96. The monoisotopic (exact) mass is 176 g/mol. The Hall–Kier alpha value is -0.285. The maximum absolute atomic E-state index is 5.96. The highest BCUT2D eigenvalue weighted by Gasteiger charge is 2.05. The molecule has 0 aliphatic carbocycles. The molecule has 1 aromatic rings. The number of aryl methyl sites for hydroxylation is 1. The average Bonchev–Trinajstić information content (AvgIpc) is 2.00. The third-order valence-electron chi connectivity index (χ3n) is 2.16. The van der Waals surface area contributed by atoms with Crippen LogP contribution in [0.3, 0.4) is 0 Å². The van der Waals surface area contributed by atoms with Gasteiger partial charge in [-0.2, -0.15) is 0 Å². The Morgan fingerprint density at radius 3 is 2.42 bits per heavy atom. The molecule has 12 heavy (non-hydrogen) atoms. The van der Waals surface area contributed by atoms with Gasteiger partial charge in [0, 0.05) is 0 Å². The van der Waals surface area contributed by atoms with Crippen LogP contribution < -0.4 is 10.8 Å². The van der Waals surface area contributed by atoms with Crippen molar-refractivity contribution in [1.29, 1.82) is 0 Å². The van der Waals surface area contributed by atoms with E-state index in [1.807, 2.05) is 0 Å². The third kappa shape index (κ3) is 1.72. The van der Waals surface area contributed by atoms with Crippen molar-refractivity contribution in [3.63, 3.8) is 0 Å². The summed E-state index contributed by atoms with van der Waals surface area (Å²) < 4.78 is 0. The summed E-state index contributed by atoms with van der Waals surface area (Å²) in [6.45, 7) is 6.39. The predicted molar refractivity (Wildman–Crippen MR) is 60.0 cm³/mol. The third-order valence-corrected chi connectivity index (χ3v) is 2.93. The molecule has 2 heteroatoms. The van der Waals surface area contributed by atoms with Crippen molar-refractivity contribution in [3.05, 3.63) is 23.3 Å². The van der Waals surface area contributed by atoms with Crippen LogP contribution in [0.25, 0.3) is 0 Å². The topological polar surface area (TPSA) is 0 Å². The Morgan fingerprint density at radius 1 is 1.33 bits per heavy atom. The van der Waals surface area contributed by atoms with Gasteiger partial charge in [0.15, 0.2) is 0 Å². The SMILES string of the molecule is [B]c1c(C(C)C)ccc(C)c1P. The minimum atomic E-state index is 0.505. The summed E-state index contributed by atoms with van der Waals surface area (Å²) in [6.07, 6.45) is 0. The average molecular weight is 176 g/mol. The second kappa shape index (κ2) is 3.62. The Kier molecular flexibility index (Phi) is 2.96. The van der Waals surface area contributed by atoms with Crippen LogP contribution in [0.5, 0.6) is 0 Å². The van der Waals surface area contributed by atoms with E-state index in [-0.39, 0.29) is 0 Å². The van der Waals surface area contributed by atoms with Gasteiger partial charge in [-0.15, -0.1) is 9.24 Å². The molecule has 1 aromatic carbocycles. The molecule has 1 rings (SSSR count). The molecular weight excluding hydrogens is 162 g/mol. The first-order valence-corrected chi connectivity index (χ1v) is 4.76. The Bertz CT molecular complexity index is 292. The van der Waals surface area contributed by atoms with Crippen LogP contribution in [0.1, 0.15) is 30.9 Å². The lowest BCUT2D eigenvalue weighted by molar-refractivity contribution is 0.874. The van der Waals surface area contributed by atoms with Crippen molar-refractivity contribution in [2.45, 2.75) is 26.7 Å². The van der Waals surface area contributed by atoms with E-state index in [0.29, 0.717) is 5.92 Å². The molecule has 0 spiro atoms. The number of hydrogen-bond acceptors (Lipinski definition) is 0. The number of benzene rings is 1. The van der Waals surface area contributed by atoms with E-state index < -0.39 is 0 Å². The fourth-order valence-corrected chi connectivity index (χ4v) is 1.53. The summed E-state index contributed by atoms with van der Waals surface area (Å²) in [5, 5.41) is 1.14. The second-order valence-corrected chi connectivity index (χ2v) is 4.03. The van der Waals surface area contributed by atoms with Gasteiger partial charge in [0.25, 0.3) is 0 Å². The first-order chi connectivity index (χ1) is 5.54. The highest BCUT2D eigenvalue weighted by molar-refractivity contribution is 7.28. The largest absolute Gasteiger partial charge is 0.115 e. The molecule has 0 fully saturated rings. The Labute approximate surface area is 78.4 Å². The Balaban J connectivity index is 3.27. The quantitative estimate of drug-likeness (QED) is 0.448. The smallest absolute Gasteiger partial charge is 0.106 e. The number of hydrogen-bond donors (Lipinski definition) is 0. The zero-order chi connectivity index (χ0) is 9.30. The zero-order valence-corrected chi connectivity index (χ0v) is 9.04. The van der Waals surface area contributed by atoms with Gasteiger partial charge in [0.05, 0.1) is 0 Å². The first-order valence-electron chi connectivity index (χ1n) is 4.18. The number of rotatable bonds is 1. The van der Waals surface area contributed by atoms with Crippen LogP contribution in [0.2, 0.25) is 0 Å². The van der Waals surface area contributed by atoms with E-state index >= 15 is 0 Å². The van der Waals surface area contributed by atoms with Crippen molar-refractivity contribution in [2.24, 2.45) is 0 Å². The van der Waals surface area contributed by atoms with Crippen LogP contribution >= 0.6 is 9.24 Å². The molecule has 2 radical (unpaired) electrons. The standard InChI is InChI=1S/C10H14BP/c1-6(2)8-5-4-7(3)10(12)9(8)11/h4-6H,12H2,1-3H3. The van der Waals surface area contributed by atoms with Crippen LogP contribution in [-0.4, -0.2) is 7.85 Å². The molecule has 0 N–H and O–H groups in total. The molecular formula is C10H14BP.